The Bertz CT molecular complexity index is 752. The molecule has 0 aliphatic carbocycles. The maximum Gasteiger partial charge on any atom is 0.267 e. The Labute approximate surface area is 148 Å². The summed E-state index contributed by atoms with van der Waals surface area (Å²) < 4.78 is 0. The van der Waals surface area contributed by atoms with E-state index in [0.717, 1.165) is 42.8 Å². The molecule has 1 saturated heterocycles. The first-order chi connectivity index (χ1) is 12.3. The van der Waals surface area contributed by atoms with Crippen molar-refractivity contribution in [1.82, 2.24) is 4.90 Å². The van der Waals surface area contributed by atoms with Gasteiger partial charge in [-0.1, -0.05) is 65.8 Å². The molecule has 2 aromatic rings. The Morgan fingerprint density at radius 1 is 0.920 bits per heavy atom. The van der Waals surface area contributed by atoms with E-state index in [1.165, 1.54) is 6.42 Å². The van der Waals surface area contributed by atoms with Gasteiger partial charge in [0.2, 0.25) is 6.10 Å². The number of likely N-dealkylation sites (tertiary alicyclic amines) is 1. The van der Waals surface area contributed by atoms with Gasteiger partial charge >= 0.3 is 0 Å². The van der Waals surface area contributed by atoms with Crippen LogP contribution in [0.2, 0.25) is 0 Å². The molecular weight excluding hydrogens is 312 g/mol. The highest BCUT2D eigenvalue weighted by Crippen LogP contribution is 2.33. The van der Waals surface area contributed by atoms with E-state index in [0.29, 0.717) is 0 Å². The van der Waals surface area contributed by atoms with Gasteiger partial charge in [-0.15, -0.1) is 0 Å². The molecule has 0 aromatic heterocycles. The third kappa shape index (κ3) is 3.16. The molecule has 0 bridgehead atoms. The molecule has 25 heavy (non-hydrogen) atoms. The van der Waals surface area contributed by atoms with Crippen molar-refractivity contribution in [2.75, 3.05) is 13.1 Å². The fourth-order valence-corrected chi connectivity index (χ4v) is 3.69. The molecule has 2 heterocycles. The average Bonchev–Trinajstić information content (AvgIpc) is 3.14. The third-order valence-electron chi connectivity index (χ3n) is 5.00. The van der Waals surface area contributed by atoms with Crippen molar-refractivity contribution in [2.24, 2.45) is 5.16 Å². The van der Waals surface area contributed by atoms with Crippen molar-refractivity contribution in [3.05, 3.63) is 71.8 Å². The minimum atomic E-state index is -0.573. The molecule has 4 heteroatoms. The van der Waals surface area contributed by atoms with Crippen LogP contribution < -0.4 is 0 Å². The number of amides is 1. The van der Waals surface area contributed by atoms with Crippen molar-refractivity contribution < 1.29 is 9.63 Å². The zero-order chi connectivity index (χ0) is 17.1. The first-order valence-corrected chi connectivity index (χ1v) is 8.97. The Morgan fingerprint density at radius 3 is 2.24 bits per heavy atom. The Morgan fingerprint density at radius 2 is 1.56 bits per heavy atom. The smallest absolute Gasteiger partial charge is 0.267 e. The first kappa shape index (κ1) is 15.9. The topological polar surface area (TPSA) is 41.9 Å². The van der Waals surface area contributed by atoms with E-state index in [4.69, 9.17) is 4.84 Å². The maximum absolute atomic E-state index is 13.1. The standard InChI is InChI=1S/C21H22N2O2/c24-21(23-14-8-3-9-15-23)20-18(16-10-4-1-5-11-16)19(22-25-20)17-12-6-2-7-13-17/h1-2,4-7,10-13,18,20H,3,8-9,14-15H2/t18-,20-/m1/s1. The van der Waals surface area contributed by atoms with E-state index in [1.807, 2.05) is 65.6 Å². The van der Waals surface area contributed by atoms with Crippen molar-refractivity contribution >= 4 is 11.6 Å². The normalized spacial score (nSPS) is 23.0. The molecule has 128 valence electrons. The van der Waals surface area contributed by atoms with Crippen LogP contribution in [0.15, 0.2) is 65.8 Å². The largest absolute Gasteiger partial charge is 0.381 e. The predicted molar refractivity (Wildman–Crippen MR) is 97.5 cm³/mol. The number of carbonyl (C=O) groups is 1. The van der Waals surface area contributed by atoms with Crippen LogP contribution in [0, 0.1) is 0 Å². The number of hydrogen-bond donors (Lipinski definition) is 0. The summed E-state index contributed by atoms with van der Waals surface area (Å²) in [6, 6.07) is 20.1. The summed E-state index contributed by atoms with van der Waals surface area (Å²) in [5.74, 6) is -0.110. The number of benzene rings is 2. The summed E-state index contributed by atoms with van der Waals surface area (Å²) in [5, 5.41) is 4.33. The van der Waals surface area contributed by atoms with Gasteiger partial charge in [0.25, 0.3) is 5.91 Å². The second-order valence-corrected chi connectivity index (χ2v) is 6.64. The minimum absolute atomic E-state index is 0.0586. The van der Waals surface area contributed by atoms with Crippen molar-refractivity contribution in [1.29, 1.82) is 0 Å². The first-order valence-electron chi connectivity index (χ1n) is 8.97. The molecule has 0 unspecified atom stereocenters. The fraction of sp³-hybridized carbons (Fsp3) is 0.333. The zero-order valence-electron chi connectivity index (χ0n) is 14.2. The Balaban J connectivity index is 1.67. The number of hydrogen-bond acceptors (Lipinski definition) is 3. The van der Waals surface area contributed by atoms with Crippen molar-refractivity contribution in [3.8, 4) is 0 Å². The summed E-state index contributed by atoms with van der Waals surface area (Å²) in [6.07, 6.45) is 2.76. The average molecular weight is 334 g/mol. The second-order valence-electron chi connectivity index (χ2n) is 6.64. The highest BCUT2D eigenvalue weighted by atomic mass is 16.6. The number of oxime groups is 1. The van der Waals surface area contributed by atoms with Gasteiger partial charge in [0.1, 0.15) is 0 Å². The van der Waals surface area contributed by atoms with Crippen LogP contribution in [0.1, 0.15) is 36.3 Å². The molecule has 2 aliphatic heterocycles. The number of rotatable bonds is 3. The van der Waals surface area contributed by atoms with Crippen LogP contribution in [0.4, 0.5) is 0 Å². The van der Waals surface area contributed by atoms with Gasteiger partial charge in [-0.05, 0) is 24.8 Å². The number of carbonyl (C=O) groups excluding carboxylic acids is 1. The Hall–Kier alpha value is -2.62. The molecule has 0 radical (unpaired) electrons. The minimum Gasteiger partial charge on any atom is -0.381 e. The lowest BCUT2D eigenvalue weighted by molar-refractivity contribution is -0.143. The molecule has 1 amide bonds. The highest BCUT2D eigenvalue weighted by molar-refractivity contribution is 6.09. The molecule has 2 atom stereocenters. The van der Waals surface area contributed by atoms with Gasteiger partial charge in [0.05, 0.1) is 11.6 Å². The maximum atomic E-state index is 13.1. The molecule has 0 N–H and O–H groups in total. The summed E-state index contributed by atoms with van der Waals surface area (Å²) in [5.41, 5.74) is 2.91. The number of piperidine rings is 1. The van der Waals surface area contributed by atoms with E-state index in [2.05, 4.69) is 5.16 Å². The number of nitrogens with zero attached hydrogens (tertiary/aromatic N) is 2. The van der Waals surface area contributed by atoms with Crippen LogP contribution >= 0.6 is 0 Å². The SMILES string of the molecule is O=C([C@@H]1ON=C(c2ccccc2)[C@H]1c1ccccc1)N1CCCCC1. The quantitative estimate of drug-likeness (QED) is 0.861. The summed E-state index contributed by atoms with van der Waals surface area (Å²) in [6.45, 7) is 1.64. The fourth-order valence-electron chi connectivity index (χ4n) is 3.69. The zero-order valence-corrected chi connectivity index (χ0v) is 14.2. The molecule has 0 saturated carbocycles. The highest BCUT2D eigenvalue weighted by Gasteiger charge is 2.43. The summed E-state index contributed by atoms with van der Waals surface area (Å²) in [4.78, 5) is 20.7. The lowest BCUT2D eigenvalue weighted by atomic mass is 9.85. The molecule has 4 rings (SSSR count). The van der Waals surface area contributed by atoms with Crippen LogP contribution in [-0.4, -0.2) is 35.7 Å². The van der Waals surface area contributed by atoms with Gasteiger partial charge in [-0.3, -0.25) is 4.79 Å². The van der Waals surface area contributed by atoms with E-state index in [1.54, 1.807) is 0 Å². The molecule has 4 nitrogen and oxygen atoms in total. The molecular formula is C21H22N2O2. The molecule has 0 spiro atoms. The van der Waals surface area contributed by atoms with Gasteiger partial charge in [-0.2, -0.15) is 0 Å². The molecule has 2 aromatic carbocycles. The van der Waals surface area contributed by atoms with Crippen LogP contribution in [-0.2, 0) is 9.63 Å². The Kier molecular flexibility index (Phi) is 4.51. The van der Waals surface area contributed by atoms with E-state index in [-0.39, 0.29) is 11.8 Å². The van der Waals surface area contributed by atoms with Gasteiger partial charge in [0.15, 0.2) is 0 Å². The predicted octanol–water partition coefficient (Wildman–Crippen LogP) is 3.59. The summed E-state index contributed by atoms with van der Waals surface area (Å²) in [7, 11) is 0. The van der Waals surface area contributed by atoms with Crippen molar-refractivity contribution in [3.63, 3.8) is 0 Å². The van der Waals surface area contributed by atoms with Crippen molar-refractivity contribution in [2.45, 2.75) is 31.3 Å². The van der Waals surface area contributed by atoms with Crippen LogP contribution in [0.5, 0.6) is 0 Å². The summed E-state index contributed by atoms with van der Waals surface area (Å²) >= 11 is 0. The van der Waals surface area contributed by atoms with E-state index < -0.39 is 6.10 Å². The van der Waals surface area contributed by atoms with Crippen LogP contribution in [0.3, 0.4) is 0 Å². The van der Waals surface area contributed by atoms with Crippen LogP contribution in [0.25, 0.3) is 0 Å². The van der Waals surface area contributed by atoms with Gasteiger partial charge in [-0.25, -0.2) is 0 Å². The monoisotopic (exact) mass is 334 g/mol. The van der Waals surface area contributed by atoms with Gasteiger partial charge in [0, 0.05) is 18.7 Å². The second kappa shape index (κ2) is 7.09. The lowest BCUT2D eigenvalue weighted by Gasteiger charge is -2.30. The molecule has 1 fully saturated rings. The van der Waals surface area contributed by atoms with Gasteiger partial charge < -0.3 is 9.74 Å². The molecule has 2 aliphatic rings. The van der Waals surface area contributed by atoms with E-state index in [9.17, 15) is 4.79 Å². The third-order valence-corrected chi connectivity index (χ3v) is 5.00. The van der Waals surface area contributed by atoms with E-state index >= 15 is 0 Å². The lowest BCUT2D eigenvalue weighted by Crippen LogP contribution is -2.44.